The Hall–Kier alpha value is -3.67. The molecule has 0 saturated carbocycles. The zero-order chi connectivity index (χ0) is 48.9. The topological polar surface area (TPSA) is 99.5 Å². The average molecular weight is 957 g/mol. The fourth-order valence-electron chi connectivity index (χ4n) is 8.29. The van der Waals surface area contributed by atoms with Crippen LogP contribution in [0.4, 0.5) is 0 Å². The molecule has 1 saturated heterocycles. The lowest BCUT2D eigenvalue weighted by Crippen LogP contribution is -2.67. The fourth-order valence-corrected chi connectivity index (χ4v) is 15.0. The van der Waals surface area contributed by atoms with Crippen molar-refractivity contribution in [3.05, 3.63) is 102 Å². The summed E-state index contributed by atoms with van der Waals surface area (Å²) in [6.45, 7) is 33.7. The van der Waals surface area contributed by atoms with Gasteiger partial charge in [0, 0.05) is 40.0 Å². The molecule has 4 aromatic rings. The van der Waals surface area contributed by atoms with Crippen molar-refractivity contribution in [3.63, 3.8) is 0 Å². The molecule has 0 radical (unpaired) electrons. The molecule has 2 unspecified atom stereocenters. The van der Waals surface area contributed by atoms with Crippen LogP contribution in [0.5, 0.6) is 5.75 Å². The van der Waals surface area contributed by atoms with Crippen LogP contribution in [0.1, 0.15) is 91.6 Å². The van der Waals surface area contributed by atoms with Gasteiger partial charge >= 0.3 is 5.97 Å². The number of fused-ring (bicyclic) bond motifs is 1. The van der Waals surface area contributed by atoms with Crippen LogP contribution in [0.3, 0.4) is 0 Å². The Morgan fingerprint density at radius 2 is 1.48 bits per heavy atom. The molecular formula is C53H80N2O8Si3. The number of hydrogen-bond acceptors (Lipinski definition) is 9. The van der Waals surface area contributed by atoms with Crippen LogP contribution < -0.4 is 15.1 Å². The number of hydrogen-bond donors (Lipinski definition) is 0. The Morgan fingerprint density at radius 1 is 0.879 bits per heavy atom. The lowest BCUT2D eigenvalue weighted by atomic mass is 9.99. The van der Waals surface area contributed by atoms with E-state index < -0.39 is 48.7 Å². The molecule has 1 aliphatic heterocycles. The average Bonchev–Trinajstić information content (AvgIpc) is 3.76. The van der Waals surface area contributed by atoms with Crippen molar-refractivity contribution in [1.82, 2.24) is 9.55 Å². The first-order valence-electron chi connectivity index (χ1n) is 23.7. The highest BCUT2D eigenvalue weighted by Crippen LogP contribution is 2.42. The zero-order valence-electron chi connectivity index (χ0n) is 43.1. The molecule has 3 aromatic carbocycles. The van der Waals surface area contributed by atoms with Gasteiger partial charge in [-0.2, -0.15) is 0 Å². The molecule has 13 heteroatoms. The summed E-state index contributed by atoms with van der Waals surface area (Å²) >= 11 is 0. The first kappa shape index (κ1) is 53.3. The first-order chi connectivity index (χ1) is 30.7. The molecule has 0 amide bonds. The maximum absolute atomic E-state index is 14.0. The Balaban J connectivity index is 1.51. The molecule has 10 nitrogen and oxygen atoms in total. The fraction of sp³-hybridized carbons (Fsp3) is 0.547. The van der Waals surface area contributed by atoms with Gasteiger partial charge in [0.25, 0.3) is 8.32 Å². The molecule has 5 rings (SSSR count). The van der Waals surface area contributed by atoms with Gasteiger partial charge in [0.05, 0.1) is 36.2 Å². The number of benzene rings is 3. The van der Waals surface area contributed by atoms with E-state index in [9.17, 15) is 4.79 Å². The quantitative estimate of drug-likeness (QED) is 0.0371. The number of rotatable bonds is 20. The number of nitrogens with zero attached hydrogens (tertiary/aromatic N) is 2. The summed E-state index contributed by atoms with van der Waals surface area (Å²) < 4.78 is 47.6. The highest BCUT2D eigenvalue weighted by atomic mass is 28.4. The lowest BCUT2D eigenvalue weighted by Gasteiger charge is -2.45. The molecule has 0 bridgehead atoms. The van der Waals surface area contributed by atoms with Crippen molar-refractivity contribution in [1.29, 1.82) is 0 Å². The second kappa shape index (κ2) is 21.3. The van der Waals surface area contributed by atoms with Crippen molar-refractivity contribution in [2.45, 2.75) is 155 Å². The van der Waals surface area contributed by atoms with Gasteiger partial charge in [0.15, 0.2) is 20.9 Å². The number of methoxy groups -OCH3 is 1. The van der Waals surface area contributed by atoms with E-state index in [1.54, 1.807) is 13.4 Å². The van der Waals surface area contributed by atoms with Gasteiger partial charge in [-0.3, -0.25) is 0 Å². The highest BCUT2D eigenvalue weighted by Gasteiger charge is 2.52. The van der Waals surface area contributed by atoms with Gasteiger partial charge in [-0.25, -0.2) is 9.78 Å². The number of esters is 1. The Bertz CT molecular complexity index is 2230. The van der Waals surface area contributed by atoms with Crippen molar-refractivity contribution in [2.75, 3.05) is 20.5 Å². The van der Waals surface area contributed by atoms with E-state index in [4.69, 9.17) is 37.5 Å². The summed E-state index contributed by atoms with van der Waals surface area (Å²) in [6, 6.07) is 24.3. The third kappa shape index (κ3) is 12.7. The van der Waals surface area contributed by atoms with Crippen molar-refractivity contribution in [3.8, 4) is 5.75 Å². The van der Waals surface area contributed by atoms with Gasteiger partial charge in [0.2, 0.25) is 0 Å². The van der Waals surface area contributed by atoms with E-state index in [1.165, 1.54) is 10.4 Å². The van der Waals surface area contributed by atoms with Crippen LogP contribution in [0, 0.1) is 5.92 Å². The third-order valence-corrected chi connectivity index (χ3v) is 24.5. The van der Waals surface area contributed by atoms with Gasteiger partial charge in [0.1, 0.15) is 17.4 Å². The van der Waals surface area contributed by atoms with Crippen molar-refractivity contribution >= 4 is 58.2 Å². The predicted molar refractivity (Wildman–Crippen MR) is 278 cm³/mol. The van der Waals surface area contributed by atoms with Crippen LogP contribution in [-0.4, -0.2) is 90.9 Å². The molecule has 0 spiro atoms. The maximum atomic E-state index is 14.0. The predicted octanol–water partition coefficient (Wildman–Crippen LogP) is 11.5. The summed E-state index contributed by atoms with van der Waals surface area (Å²) in [7, 11) is -3.14. The lowest BCUT2D eigenvalue weighted by molar-refractivity contribution is -0.151. The SMILES string of the molecule is COCOc1cc2c(ncn2C)c(/C=C/C[C@H]2OC(C)(C)O[C@@H]2C(/C=C\[C@H](C)C(C)O[Si](c2ccccc2)(c2ccccc2)C(C)(C)C)O[Si](C)(C)C(C)(C)C)c1C(=O)OCC[Si](C)(C)C. The van der Waals surface area contributed by atoms with E-state index in [-0.39, 0.29) is 35.0 Å². The zero-order valence-corrected chi connectivity index (χ0v) is 46.1. The molecule has 0 aliphatic carbocycles. The maximum Gasteiger partial charge on any atom is 0.342 e. The van der Waals surface area contributed by atoms with Crippen LogP contribution >= 0.6 is 0 Å². The van der Waals surface area contributed by atoms with Gasteiger partial charge < -0.3 is 37.1 Å². The van der Waals surface area contributed by atoms with Crippen LogP contribution in [0.25, 0.3) is 17.1 Å². The third-order valence-electron chi connectivity index (χ3n) is 13.2. The molecule has 66 heavy (non-hydrogen) atoms. The number of aryl methyl sites for hydroxylation is 1. The van der Waals surface area contributed by atoms with Crippen LogP contribution in [-0.2, 0) is 34.8 Å². The smallest absolute Gasteiger partial charge is 0.342 e. The Morgan fingerprint density at radius 3 is 2.03 bits per heavy atom. The molecule has 1 aromatic heterocycles. The standard InChI is InChI=1S/C53H80N2O8Si3/c1-38(39(2)62-66(52(6,7)8,40-25-20-18-21-26-40)41-27-22-19-23-28-41)31-32-45(63-65(16,17)51(3,4)5)49-44(60-53(9,10)61-49)30-24-29-42-47(50(56)58-33-34-64(13,14)15)46(59-37-57-12)35-43-48(42)54-36-55(43)11/h18-29,31-32,35-36,38-39,44-45,49H,30,33-34,37H2,1-17H3/b29-24+,32-31-/t38-,39?,44+,45?,49-/m0/s1. The summed E-state index contributed by atoms with van der Waals surface area (Å²) in [4.78, 5) is 18.8. The molecule has 1 aliphatic rings. The number of carbonyl (C=O) groups is 1. The minimum absolute atomic E-state index is 0.0299. The number of ether oxygens (including phenoxy) is 5. The summed E-state index contributed by atoms with van der Waals surface area (Å²) in [5.74, 6) is -0.921. The summed E-state index contributed by atoms with van der Waals surface area (Å²) in [5, 5.41) is 2.30. The monoisotopic (exact) mass is 957 g/mol. The Kier molecular flexibility index (Phi) is 17.2. The molecule has 2 heterocycles. The number of carbonyl (C=O) groups excluding carboxylic acids is 1. The van der Waals surface area contributed by atoms with Crippen molar-refractivity contribution < 1.29 is 37.3 Å². The van der Waals surface area contributed by atoms with E-state index in [1.807, 2.05) is 43.7 Å². The van der Waals surface area contributed by atoms with Gasteiger partial charge in [-0.1, -0.05) is 153 Å². The highest BCUT2D eigenvalue weighted by molar-refractivity contribution is 6.99. The Labute approximate surface area is 399 Å². The van der Waals surface area contributed by atoms with E-state index >= 15 is 0 Å². The summed E-state index contributed by atoms with van der Waals surface area (Å²) in [5.41, 5.74) is 2.41. The van der Waals surface area contributed by atoms with Gasteiger partial charge in [-0.15, -0.1) is 0 Å². The number of imidazole rings is 1. The second-order valence-electron chi connectivity index (χ2n) is 22.2. The van der Waals surface area contributed by atoms with Crippen molar-refractivity contribution in [2.24, 2.45) is 13.0 Å². The minimum atomic E-state index is -2.80. The molecular weight excluding hydrogens is 877 g/mol. The van der Waals surface area contributed by atoms with Gasteiger partial charge in [-0.05, 0) is 72.7 Å². The van der Waals surface area contributed by atoms with E-state index in [0.717, 1.165) is 11.6 Å². The van der Waals surface area contributed by atoms with Crippen LogP contribution in [0.15, 0.2) is 91.3 Å². The second-order valence-corrected chi connectivity index (χ2v) is 36.9. The van der Waals surface area contributed by atoms with Crippen LogP contribution in [0.2, 0.25) is 48.9 Å². The minimum Gasteiger partial charge on any atom is -0.467 e. The molecule has 1 fully saturated rings. The number of aromatic nitrogens is 2. The first-order valence-corrected chi connectivity index (χ1v) is 32.2. The molecule has 0 N–H and O–H groups in total. The van der Waals surface area contributed by atoms with E-state index in [0.29, 0.717) is 35.4 Å². The largest absolute Gasteiger partial charge is 0.467 e. The summed E-state index contributed by atoms with van der Waals surface area (Å²) in [6.07, 6.45) is 9.30. The molecule has 5 atom stereocenters. The molecule has 362 valence electrons. The van der Waals surface area contributed by atoms with E-state index in [2.05, 4.69) is 161 Å². The normalized spacial score (nSPS) is 18.9.